The van der Waals surface area contributed by atoms with E-state index >= 15 is 0 Å². The molecule has 1 spiro atoms. The van der Waals surface area contributed by atoms with Crippen LogP contribution in [0.3, 0.4) is 0 Å². The van der Waals surface area contributed by atoms with E-state index in [1.54, 1.807) is 12.4 Å². The van der Waals surface area contributed by atoms with Crippen molar-refractivity contribution in [2.24, 2.45) is 0 Å². The summed E-state index contributed by atoms with van der Waals surface area (Å²) in [7, 11) is 0. The molecule has 5 rings (SSSR count). The lowest BCUT2D eigenvalue weighted by Gasteiger charge is -2.32. The zero-order valence-electron chi connectivity index (χ0n) is 15.9. The molecule has 0 aliphatic carbocycles. The fourth-order valence-corrected chi connectivity index (χ4v) is 4.20. The van der Waals surface area contributed by atoms with Crippen molar-refractivity contribution in [3.63, 3.8) is 0 Å². The van der Waals surface area contributed by atoms with Crippen LogP contribution in [0.5, 0.6) is 5.75 Å². The second-order valence-corrected chi connectivity index (χ2v) is 7.07. The number of benzene rings is 1. The molecule has 1 aromatic carbocycles. The van der Waals surface area contributed by atoms with Crippen LogP contribution in [-0.4, -0.2) is 36.1 Å². The molecule has 3 aliphatic rings. The van der Waals surface area contributed by atoms with E-state index in [-0.39, 0.29) is 11.8 Å². The number of carbonyl (C=O) groups excluding carboxylic acids is 2. The summed E-state index contributed by atoms with van der Waals surface area (Å²) < 4.78 is 24.5. The number of nitrogens with zero attached hydrogens (tertiary/aromatic N) is 2. The van der Waals surface area contributed by atoms with Crippen LogP contribution < -0.4 is 15.1 Å². The number of amides is 2. The van der Waals surface area contributed by atoms with E-state index in [0.717, 1.165) is 29.4 Å². The van der Waals surface area contributed by atoms with Gasteiger partial charge >= 0.3 is 0 Å². The quantitative estimate of drug-likeness (QED) is 0.804. The topological polar surface area (TPSA) is 63.6 Å². The molecule has 1 N–H and O–H groups in total. The van der Waals surface area contributed by atoms with Gasteiger partial charge in [0, 0.05) is 47.0 Å². The predicted molar refractivity (Wildman–Crippen MR) is 93.3 cm³/mol. The molecule has 130 valence electrons. The molecular formula is C19H21N3O3. The van der Waals surface area contributed by atoms with Crippen molar-refractivity contribution in [3.05, 3.63) is 30.1 Å². The zero-order valence-corrected chi connectivity index (χ0v) is 13.9. The third-order valence-electron chi connectivity index (χ3n) is 5.57. The minimum Gasteiger partial charge on any atom is -0.492 e. The minimum absolute atomic E-state index is 0.214. The second-order valence-electron chi connectivity index (χ2n) is 7.07. The molecule has 2 aromatic rings. The lowest BCUT2D eigenvalue weighted by molar-refractivity contribution is -0.131. The summed E-state index contributed by atoms with van der Waals surface area (Å²) in [6.07, 6.45) is 6.09. The first-order chi connectivity index (χ1) is 12.9. The average Bonchev–Trinajstić information content (AvgIpc) is 3.14. The van der Waals surface area contributed by atoms with Gasteiger partial charge in [-0.05, 0) is 32.4 Å². The molecule has 2 amide bonds. The first-order valence-corrected chi connectivity index (χ1v) is 8.84. The number of fused-ring (bicyclic) bond motifs is 4. The first-order valence-electron chi connectivity index (χ1n) is 9.84. The number of piperidine rings is 2. The normalized spacial score (nSPS) is 25.7. The third-order valence-corrected chi connectivity index (χ3v) is 5.57. The number of nitrogens with one attached hydrogen (secondary N) is 1. The fourth-order valence-electron chi connectivity index (χ4n) is 4.20. The van der Waals surface area contributed by atoms with Crippen molar-refractivity contribution < 1.29 is 17.1 Å². The van der Waals surface area contributed by atoms with E-state index in [4.69, 9.17) is 7.48 Å². The largest absolute Gasteiger partial charge is 0.492 e. The van der Waals surface area contributed by atoms with Crippen LogP contribution in [0.1, 0.15) is 40.4 Å². The SMILES string of the molecule is [2H]C1([2H])Oc2c(ccc3cn(N4C(=O)CCCC4=O)cc23)C12CCNCC2. The van der Waals surface area contributed by atoms with Gasteiger partial charge in [0.25, 0.3) is 0 Å². The van der Waals surface area contributed by atoms with Crippen LogP contribution in [-0.2, 0) is 15.0 Å². The van der Waals surface area contributed by atoms with Crippen molar-refractivity contribution in [2.45, 2.75) is 37.5 Å². The highest BCUT2D eigenvalue weighted by molar-refractivity contribution is 6.10. The first kappa shape index (κ1) is 12.9. The van der Waals surface area contributed by atoms with Crippen LogP contribution in [0.15, 0.2) is 24.5 Å². The maximum absolute atomic E-state index is 12.2. The summed E-state index contributed by atoms with van der Waals surface area (Å²) in [6.45, 7) is -0.291. The van der Waals surface area contributed by atoms with Crippen molar-refractivity contribution in [1.82, 2.24) is 9.99 Å². The number of hydrogen-bond donors (Lipinski definition) is 1. The molecule has 0 saturated carbocycles. The molecule has 0 atom stereocenters. The molecule has 0 bridgehead atoms. The Hall–Kier alpha value is -2.34. The highest BCUT2D eigenvalue weighted by Crippen LogP contribution is 2.47. The number of carbonyl (C=O) groups is 2. The zero-order chi connectivity index (χ0) is 18.8. The monoisotopic (exact) mass is 341 g/mol. The van der Waals surface area contributed by atoms with Gasteiger partial charge in [-0.2, -0.15) is 5.01 Å². The van der Waals surface area contributed by atoms with Gasteiger partial charge in [-0.15, -0.1) is 0 Å². The van der Waals surface area contributed by atoms with E-state index < -0.39 is 12.0 Å². The fraction of sp³-hybridized carbons (Fsp3) is 0.474. The van der Waals surface area contributed by atoms with Gasteiger partial charge in [0.15, 0.2) is 0 Å². The van der Waals surface area contributed by atoms with Gasteiger partial charge in [0.1, 0.15) is 5.75 Å². The second kappa shape index (κ2) is 5.33. The summed E-state index contributed by atoms with van der Waals surface area (Å²) in [5.41, 5.74) is 0.219. The van der Waals surface area contributed by atoms with Gasteiger partial charge in [0.05, 0.1) is 9.30 Å². The van der Waals surface area contributed by atoms with Crippen molar-refractivity contribution in [3.8, 4) is 5.75 Å². The molecule has 2 saturated heterocycles. The van der Waals surface area contributed by atoms with E-state index in [9.17, 15) is 9.59 Å². The summed E-state index contributed by atoms with van der Waals surface area (Å²) in [4.78, 5) is 24.5. The molecule has 3 aliphatic heterocycles. The van der Waals surface area contributed by atoms with Crippen LogP contribution in [0.25, 0.3) is 10.8 Å². The summed E-state index contributed by atoms with van der Waals surface area (Å²) in [6, 6.07) is 3.87. The Morgan fingerprint density at radius 1 is 1.12 bits per heavy atom. The van der Waals surface area contributed by atoms with E-state index in [2.05, 4.69) is 5.32 Å². The number of rotatable bonds is 1. The lowest BCUT2D eigenvalue weighted by Crippen LogP contribution is -2.47. The van der Waals surface area contributed by atoms with Crippen LogP contribution >= 0.6 is 0 Å². The molecule has 6 heteroatoms. The van der Waals surface area contributed by atoms with Crippen molar-refractivity contribution >= 4 is 22.6 Å². The Morgan fingerprint density at radius 3 is 2.64 bits per heavy atom. The van der Waals surface area contributed by atoms with Gasteiger partial charge in [-0.3, -0.25) is 14.3 Å². The molecule has 0 radical (unpaired) electrons. The molecule has 6 nitrogen and oxygen atoms in total. The molecule has 2 fully saturated rings. The van der Waals surface area contributed by atoms with Crippen LogP contribution in [0.4, 0.5) is 0 Å². The Labute approximate surface area is 148 Å². The van der Waals surface area contributed by atoms with Gasteiger partial charge in [0.2, 0.25) is 11.8 Å². The number of aromatic nitrogens is 1. The Balaban J connectivity index is 1.65. The van der Waals surface area contributed by atoms with Gasteiger partial charge < -0.3 is 10.1 Å². The molecule has 25 heavy (non-hydrogen) atoms. The van der Waals surface area contributed by atoms with Crippen LogP contribution in [0.2, 0.25) is 0 Å². The van der Waals surface area contributed by atoms with E-state index in [1.807, 2.05) is 12.1 Å². The van der Waals surface area contributed by atoms with Gasteiger partial charge in [-0.25, -0.2) is 0 Å². The highest BCUT2D eigenvalue weighted by Gasteiger charge is 2.42. The smallest absolute Gasteiger partial charge is 0.248 e. The predicted octanol–water partition coefficient (Wildman–Crippen LogP) is 1.83. The molecule has 0 unspecified atom stereocenters. The number of imide groups is 1. The Morgan fingerprint density at radius 2 is 1.88 bits per heavy atom. The van der Waals surface area contributed by atoms with E-state index in [0.29, 0.717) is 37.9 Å². The standard InChI is InChI=1S/C19H21N3O3/c23-16-2-1-3-17(24)22(16)21-10-13-4-5-15-18(14(13)11-21)25-12-19(15)6-8-20-9-7-19/h4-5,10-11,20H,1-3,6-9,12H2/i12D2. The highest BCUT2D eigenvalue weighted by atomic mass is 16.5. The molecule has 4 heterocycles. The maximum Gasteiger partial charge on any atom is 0.248 e. The summed E-state index contributed by atoms with van der Waals surface area (Å²) in [5, 5.41) is 6.03. The van der Waals surface area contributed by atoms with Crippen LogP contribution in [0, 0.1) is 0 Å². The van der Waals surface area contributed by atoms with Gasteiger partial charge in [-0.1, -0.05) is 12.1 Å². The van der Waals surface area contributed by atoms with Crippen molar-refractivity contribution in [1.29, 1.82) is 0 Å². The number of hydrogen-bond acceptors (Lipinski definition) is 4. The Bertz CT molecular complexity index is 947. The summed E-state index contributed by atoms with van der Waals surface area (Å²) >= 11 is 0. The molecular weight excluding hydrogens is 318 g/mol. The Kier molecular flexibility index (Phi) is 2.76. The minimum atomic E-state index is -1.79. The van der Waals surface area contributed by atoms with E-state index in [1.165, 1.54) is 9.69 Å². The molecule has 1 aromatic heterocycles. The average molecular weight is 341 g/mol. The lowest BCUT2D eigenvalue weighted by atomic mass is 9.74. The van der Waals surface area contributed by atoms with Crippen molar-refractivity contribution in [2.75, 3.05) is 24.7 Å². The maximum atomic E-state index is 12.2. The third kappa shape index (κ3) is 2.13. The summed E-state index contributed by atoms with van der Waals surface area (Å²) in [5.74, 6) is 0.110. The number of ether oxygens (including phenoxy) is 1.